The number of aliphatic hydroxyl groups is 1. The lowest BCUT2D eigenvalue weighted by Gasteiger charge is -2.33. The average molecular weight is 512 g/mol. The second-order valence-electron chi connectivity index (χ2n) is 10.9. The lowest BCUT2D eigenvalue weighted by atomic mass is 9.88. The molecule has 1 amide bonds. The fourth-order valence-electron chi connectivity index (χ4n) is 6.19. The van der Waals surface area contributed by atoms with Gasteiger partial charge in [-0.15, -0.1) is 0 Å². The highest BCUT2D eigenvalue weighted by atomic mass is 16.5. The number of β-amino-alcohol motifs (C(OH)–C–C–N with tert-alkyl or cyclic N) is 1. The molecule has 1 aromatic heterocycles. The second-order valence-corrected chi connectivity index (χ2v) is 10.9. The number of rotatable bonds is 7. The van der Waals surface area contributed by atoms with Gasteiger partial charge in [0.15, 0.2) is 0 Å². The van der Waals surface area contributed by atoms with Crippen LogP contribution in [0.25, 0.3) is 21.7 Å². The topological polar surface area (TPSA) is 57.9 Å². The van der Waals surface area contributed by atoms with Gasteiger partial charge in [-0.3, -0.25) is 4.79 Å². The second kappa shape index (κ2) is 10.8. The monoisotopic (exact) mass is 511 g/mol. The summed E-state index contributed by atoms with van der Waals surface area (Å²) in [6.07, 6.45) is 3.77. The molecule has 38 heavy (non-hydrogen) atoms. The number of carbonyl (C=O) groups excluding carboxylic acids is 1. The zero-order valence-corrected chi connectivity index (χ0v) is 22.2. The van der Waals surface area contributed by atoms with Gasteiger partial charge in [0.25, 0.3) is 5.91 Å². The summed E-state index contributed by atoms with van der Waals surface area (Å²) in [5, 5.41) is 14.3. The third-order valence-corrected chi connectivity index (χ3v) is 8.39. The van der Waals surface area contributed by atoms with Crippen LogP contribution in [0.4, 0.5) is 0 Å². The molecule has 0 aliphatic carbocycles. The van der Waals surface area contributed by atoms with Gasteiger partial charge in [-0.05, 0) is 79.2 Å². The number of aliphatic hydroxyl groups excluding tert-OH is 1. The smallest absolute Gasteiger partial charge is 0.270 e. The number of aromatic nitrogens is 1. The van der Waals surface area contributed by atoms with E-state index in [1.165, 1.54) is 16.3 Å². The van der Waals surface area contributed by atoms with E-state index in [4.69, 9.17) is 4.74 Å². The summed E-state index contributed by atoms with van der Waals surface area (Å²) in [4.78, 5) is 17.3. The maximum atomic E-state index is 13.0. The van der Waals surface area contributed by atoms with Crippen LogP contribution in [0.3, 0.4) is 0 Å². The van der Waals surface area contributed by atoms with Crippen LogP contribution >= 0.6 is 0 Å². The first kappa shape index (κ1) is 25.0. The lowest BCUT2D eigenvalue weighted by molar-refractivity contribution is 0.0599. The molecule has 1 N–H and O–H groups in total. The van der Waals surface area contributed by atoms with Crippen LogP contribution in [0.5, 0.6) is 5.75 Å². The molecule has 198 valence electrons. The number of carbonyl (C=O) groups is 1. The number of benzene rings is 3. The molecule has 3 aromatic carbocycles. The van der Waals surface area contributed by atoms with Gasteiger partial charge >= 0.3 is 0 Å². The molecule has 1 atom stereocenters. The van der Waals surface area contributed by atoms with Crippen LogP contribution in [0, 0.1) is 0 Å². The van der Waals surface area contributed by atoms with Crippen molar-refractivity contribution in [3.63, 3.8) is 0 Å². The van der Waals surface area contributed by atoms with E-state index < -0.39 is 6.10 Å². The molecule has 0 spiro atoms. The Labute approximate surface area is 224 Å². The molecular weight excluding hydrogens is 474 g/mol. The number of nitrogens with zero attached hydrogens (tertiary/aromatic N) is 3. The Morgan fingerprint density at radius 1 is 0.947 bits per heavy atom. The van der Waals surface area contributed by atoms with Crippen molar-refractivity contribution >= 4 is 27.6 Å². The molecule has 2 aliphatic rings. The first-order chi connectivity index (χ1) is 18.6. The molecule has 0 saturated carbocycles. The minimum absolute atomic E-state index is 0.0827. The highest BCUT2D eigenvalue weighted by molar-refractivity contribution is 6.00. The van der Waals surface area contributed by atoms with Gasteiger partial charge in [-0.2, -0.15) is 0 Å². The number of piperidine rings is 1. The number of hydrogen-bond acceptors (Lipinski definition) is 4. The molecule has 2 aliphatic heterocycles. The Morgan fingerprint density at radius 3 is 2.50 bits per heavy atom. The predicted molar refractivity (Wildman–Crippen MR) is 152 cm³/mol. The zero-order valence-electron chi connectivity index (χ0n) is 22.2. The standard InChI is InChI=1S/C32H37N3O3/c1-33-29-9-6-10-31(28(29)20-30(33)32(37)35-15-4-5-16-35)38-22-27(36)21-34-17-13-24(14-18-34)26-12-11-23-7-2-3-8-25(23)19-26/h2-3,6-12,19-20,24,27,36H,4-5,13-18,21-22H2,1H3. The Balaban J connectivity index is 1.04. The quantitative estimate of drug-likeness (QED) is 0.371. The van der Waals surface area contributed by atoms with Crippen molar-refractivity contribution < 1.29 is 14.6 Å². The zero-order chi connectivity index (χ0) is 26.1. The van der Waals surface area contributed by atoms with Gasteiger partial charge in [0, 0.05) is 32.1 Å². The van der Waals surface area contributed by atoms with Crippen LogP contribution < -0.4 is 4.74 Å². The Kier molecular flexibility index (Phi) is 7.09. The highest BCUT2D eigenvalue weighted by Crippen LogP contribution is 2.31. The normalized spacial score (nSPS) is 17.9. The average Bonchev–Trinajstić information content (AvgIpc) is 3.61. The summed E-state index contributed by atoms with van der Waals surface area (Å²) in [7, 11) is 1.94. The summed E-state index contributed by atoms with van der Waals surface area (Å²) in [6, 6.07) is 23.2. The fraction of sp³-hybridized carbons (Fsp3) is 0.406. The van der Waals surface area contributed by atoms with E-state index in [9.17, 15) is 9.90 Å². The first-order valence-electron chi connectivity index (χ1n) is 14.0. The summed E-state index contributed by atoms with van der Waals surface area (Å²) >= 11 is 0. The molecule has 0 bridgehead atoms. The van der Waals surface area contributed by atoms with Crippen molar-refractivity contribution in [2.75, 3.05) is 39.3 Å². The summed E-state index contributed by atoms with van der Waals surface area (Å²) in [5.74, 6) is 1.37. The molecule has 3 heterocycles. The van der Waals surface area contributed by atoms with E-state index in [0.29, 0.717) is 23.9 Å². The minimum Gasteiger partial charge on any atom is -0.490 e. The van der Waals surface area contributed by atoms with Crippen molar-refractivity contribution in [3.8, 4) is 5.75 Å². The number of likely N-dealkylation sites (tertiary alicyclic amines) is 2. The van der Waals surface area contributed by atoms with Gasteiger partial charge in [0.05, 0.1) is 5.52 Å². The van der Waals surface area contributed by atoms with Crippen molar-refractivity contribution in [1.82, 2.24) is 14.4 Å². The molecule has 6 nitrogen and oxygen atoms in total. The highest BCUT2D eigenvalue weighted by Gasteiger charge is 2.25. The fourth-order valence-corrected chi connectivity index (χ4v) is 6.19. The summed E-state index contributed by atoms with van der Waals surface area (Å²) in [5.41, 5.74) is 3.08. The van der Waals surface area contributed by atoms with E-state index in [1.54, 1.807) is 0 Å². The Bertz CT molecular complexity index is 1430. The van der Waals surface area contributed by atoms with E-state index in [2.05, 4.69) is 47.4 Å². The minimum atomic E-state index is -0.572. The van der Waals surface area contributed by atoms with Gasteiger partial charge in [0.1, 0.15) is 24.2 Å². The van der Waals surface area contributed by atoms with Crippen molar-refractivity contribution in [1.29, 1.82) is 0 Å². The third-order valence-electron chi connectivity index (χ3n) is 8.39. The van der Waals surface area contributed by atoms with Gasteiger partial charge < -0.3 is 24.2 Å². The number of aryl methyl sites for hydroxylation is 1. The summed E-state index contributed by atoms with van der Waals surface area (Å²) in [6.45, 7) is 4.45. The number of ether oxygens (including phenoxy) is 1. The molecule has 2 fully saturated rings. The third kappa shape index (κ3) is 5.03. The largest absolute Gasteiger partial charge is 0.490 e. The van der Waals surface area contributed by atoms with Gasteiger partial charge in [0.2, 0.25) is 0 Å². The van der Waals surface area contributed by atoms with Crippen LogP contribution in [0.1, 0.15) is 47.7 Å². The van der Waals surface area contributed by atoms with Crippen LogP contribution in [-0.4, -0.2) is 70.8 Å². The summed E-state index contributed by atoms with van der Waals surface area (Å²) < 4.78 is 8.07. The van der Waals surface area contributed by atoms with E-state index in [1.807, 2.05) is 40.8 Å². The predicted octanol–water partition coefficient (Wildman–Crippen LogP) is 5.19. The first-order valence-corrected chi connectivity index (χ1v) is 14.0. The molecule has 1 unspecified atom stereocenters. The Hall–Kier alpha value is -3.35. The SMILES string of the molecule is Cn1c(C(=O)N2CCCC2)cc2c(OCC(O)CN3CCC(c4ccc5ccccc5c4)CC3)cccc21. The molecule has 4 aromatic rings. The molecule has 2 saturated heterocycles. The molecule has 6 heteroatoms. The molecule has 0 radical (unpaired) electrons. The van der Waals surface area contributed by atoms with Crippen LogP contribution in [0.15, 0.2) is 66.7 Å². The van der Waals surface area contributed by atoms with Crippen molar-refractivity contribution in [2.24, 2.45) is 7.05 Å². The molecular formula is C32H37N3O3. The number of hydrogen-bond donors (Lipinski definition) is 1. The van der Waals surface area contributed by atoms with Crippen LogP contribution in [-0.2, 0) is 7.05 Å². The van der Waals surface area contributed by atoms with Crippen molar-refractivity contribution in [2.45, 2.75) is 37.7 Å². The van der Waals surface area contributed by atoms with Crippen molar-refractivity contribution in [3.05, 3.63) is 78.0 Å². The molecule has 6 rings (SSSR count). The van der Waals surface area contributed by atoms with E-state index in [0.717, 1.165) is 62.8 Å². The van der Waals surface area contributed by atoms with Gasteiger partial charge in [-0.25, -0.2) is 0 Å². The lowest BCUT2D eigenvalue weighted by Crippen LogP contribution is -2.40. The Morgan fingerprint density at radius 2 is 1.71 bits per heavy atom. The maximum absolute atomic E-state index is 13.0. The van der Waals surface area contributed by atoms with E-state index >= 15 is 0 Å². The van der Waals surface area contributed by atoms with E-state index in [-0.39, 0.29) is 12.5 Å². The maximum Gasteiger partial charge on any atom is 0.270 e. The number of amides is 1. The van der Waals surface area contributed by atoms with Gasteiger partial charge in [-0.1, -0.05) is 48.5 Å². The number of fused-ring (bicyclic) bond motifs is 2. The van der Waals surface area contributed by atoms with Crippen LogP contribution in [0.2, 0.25) is 0 Å².